The van der Waals surface area contributed by atoms with Crippen molar-refractivity contribution in [2.24, 2.45) is 5.92 Å². The number of rotatable bonds is 3. The van der Waals surface area contributed by atoms with Crippen LogP contribution in [0.15, 0.2) is 60.9 Å². The molecule has 0 saturated heterocycles. The second-order valence-corrected chi connectivity index (χ2v) is 12.4. The van der Waals surface area contributed by atoms with Crippen LogP contribution in [0, 0.1) is 5.92 Å². The van der Waals surface area contributed by atoms with Crippen molar-refractivity contribution in [2.75, 3.05) is 0 Å². The van der Waals surface area contributed by atoms with Gasteiger partial charge in [-0.25, -0.2) is 0 Å². The van der Waals surface area contributed by atoms with Crippen molar-refractivity contribution < 1.29 is 0 Å². The lowest BCUT2D eigenvalue weighted by atomic mass is 9.82. The summed E-state index contributed by atoms with van der Waals surface area (Å²) in [4.78, 5) is 11.3. The van der Waals surface area contributed by atoms with Gasteiger partial charge in [0, 0.05) is 23.3 Å². The number of hydrogen-bond acceptors (Lipinski definition) is 3. The predicted molar refractivity (Wildman–Crippen MR) is 150 cm³/mol. The average Bonchev–Trinajstić information content (AvgIpc) is 3.21. The summed E-state index contributed by atoms with van der Waals surface area (Å²) in [7, 11) is 0. The van der Waals surface area contributed by atoms with E-state index in [1.54, 1.807) is 0 Å². The number of aromatic nitrogens is 2. The minimum atomic E-state index is 0.0503. The van der Waals surface area contributed by atoms with E-state index in [-0.39, 0.29) is 5.41 Å². The van der Waals surface area contributed by atoms with Crippen LogP contribution in [0.4, 0.5) is 0 Å². The maximum absolute atomic E-state index is 4.99. The molecule has 35 heavy (non-hydrogen) atoms. The van der Waals surface area contributed by atoms with Gasteiger partial charge in [-0.3, -0.25) is 9.97 Å². The van der Waals surface area contributed by atoms with E-state index < -0.39 is 0 Å². The first-order chi connectivity index (χ1) is 16.8. The molecule has 3 aromatic heterocycles. The molecule has 0 atom stereocenters. The zero-order valence-corrected chi connectivity index (χ0v) is 22.1. The van der Waals surface area contributed by atoms with Crippen LogP contribution in [0.2, 0.25) is 0 Å². The van der Waals surface area contributed by atoms with Crippen LogP contribution < -0.4 is 0 Å². The molecule has 1 aliphatic rings. The summed E-state index contributed by atoms with van der Waals surface area (Å²) in [6.07, 6.45) is 7.31. The first-order valence-electron chi connectivity index (χ1n) is 12.7. The second kappa shape index (κ2) is 8.27. The average molecular weight is 477 g/mol. The van der Waals surface area contributed by atoms with Gasteiger partial charge >= 0.3 is 0 Å². The Kier molecular flexibility index (Phi) is 5.30. The largest absolute Gasteiger partial charge is 0.255 e. The molecule has 0 saturated carbocycles. The molecule has 0 radical (unpaired) electrons. The van der Waals surface area contributed by atoms with Crippen molar-refractivity contribution in [2.45, 2.75) is 59.3 Å². The minimum absolute atomic E-state index is 0.0503. The second-order valence-electron chi connectivity index (χ2n) is 11.4. The fourth-order valence-corrected chi connectivity index (χ4v) is 6.97. The highest BCUT2D eigenvalue weighted by atomic mass is 32.1. The monoisotopic (exact) mass is 476 g/mol. The molecule has 0 N–H and O–H groups in total. The van der Waals surface area contributed by atoms with Crippen molar-refractivity contribution in [3.05, 3.63) is 83.2 Å². The topological polar surface area (TPSA) is 25.8 Å². The zero-order valence-electron chi connectivity index (χ0n) is 21.3. The lowest BCUT2D eigenvalue weighted by molar-refractivity contribution is 0.596. The summed E-state index contributed by atoms with van der Waals surface area (Å²) < 4.78 is 1.29. The third-order valence-electron chi connectivity index (χ3n) is 7.18. The molecule has 0 amide bonds. The standard InChI is InChI=1S/C32H32N2S/c1-19(2)14-20-15-22-10-11-25-26-12-13-33-29(31(26)35-30(25)28(22)34-18-20)23-16-21-8-6-7-9-24(21)27(17-23)32(3,4)5/h6-9,12-13,15-19H,10-11,14H2,1-5H3. The molecule has 3 heterocycles. The maximum atomic E-state index is 4.99. The zero-order chi connectivity index (χ0) is 24.3. The van der Waals surface area contributed by atoms with Crippen LogP contribution in [0.5, 0.6) is 0 Å². The fraction of sp³-hybridized carbons (Fsp3) is 0.312. The highest BCUT2D eigenvalue weighted by molar-refractivity contribution is 7.23. The maximum Gasteiger partial charge on any atom is 0.0880 e. The predicted octanol–water partition coefficient (Wildman–Crippen LogP) is 8.77. The van der Waals surface area contributed by atoms with Crippen LogP contribution in [0.3, 0.4) is 0 Å². The van der Waals surface area contributed by atoms with Crippen LogP contribution >= 0.6 is 11.3 Å². The molecular weight excluding hydrogens is 444 g/mol. The van der Waals surface area contributed by atoms with Gasteiger partial charge in [0.05, 0.1) is 21.0 Å². The van der Waals surface area contributed by atoms with Crippen molar-refractivity contribution in [3.63, 3.8) is 0 Å². The quantitative estimate of drug-likeness (QED) is 0.260. The van der Waals surface area contributed by atoms with Gasteiger partial charge in [-0.2, -0.15) is 0 Å². The van der Waals surface area contributed by atoms with Crippen molar-refractivity contribution >= 4 is 32.2 Å². The molecule has 1 aliphatic carbocycles. The van der Waals surface area contributed by atoms with Gasteiger partial charge in [-0.05, 0) is 81.8 Å². The molecule has 6 rings (SSSR count). The molecule has 0 bridgehead atoms. The number of hydrogen-bond donors (Lipinski definition) is 0. The van der Waals surface area contributed by atoms with E-state index >= 15 is 0 Å². The van der Waals surface area contributed by atoms with Crippen LogP contribution in [-0.4, -0.2) is 9.97 Å². The van der Waals surface area contributed by atoms with Crippen molar-refractivity contribution in [1.29, 1.82) is 0 Å². The summed E-state index contributed by atoms with van der Waals surface area (Å²) in [5.74, 6) is 0.645. The van der Waals surface area contributed by atoms with E-state index in [9.17, 15) is 0 Å². The van der Waals surface area contributed by atoms with Gasteiger partial charge in [-0.15, -0.1) is 11.3 Å². The first kappa shape index (κ1) is 22.4. The van der Waals surface area contributed by atoms with E-state index in [0.29, 0.717) is 5.92 Å². The van der Waals surface area contributed by atoms with Gasteiger partial charge in [0.1, 0.15) is 0 Å². The smallest absolute Gasteiger partial charge is 0.0880 e. The Bertz CT molecular complexity index is 1580. The molecule has 176 valence electrons. The van der Waals surface area contributed by atoms with Crippen LogP contribution in [0.25, 0.3) is 42.7 Å². The Hall–Kier alpha value is -3.04. The number of nitrogens with zero attached hydrogens (tertiary/aromatic N) is 2. The summed E-state index contributed by atoms with van der Waals surface area (Å²) in [5, 5.41) is 3.95. The number of fused-ring (bicyclic) bond motifs is 6. The minimum Gasteiger partial charge on any atom is -0.255 e. The summed E-state index contributed by atoms with van der Waals surface area (Å²) in [5.41, 5.74) is 9.11. The molecule has 0 aliphatic heterocycles. The van der Waals surface area contributed by atoms with Gasteiger partial charge in [0.25, 0.3) is 0 Å². The van der Waals surface area contributed by atoms with Crippen molar-refractivity contribution in [1.82, 2.24) is 9.97 Å². The van der Waals surface area contributed by atoms with Gasteiger partial charge in [0.2, 0.25) is 0 Å². The third-order valence-corrected chi connectivity index (χ3v) is 8.44. The van der Waals surface area contributed by atoms with Gasteiger partial charge in [0.15, 0.2) is 0 Å². The molecule has 2 nitrogen and oxygen atoms in total. The Morgan fingerprint density at radius 1 is 0.914 bits per heavy atom. The third kappa shape index (κ3) is 3.87. The van der Waals surface area contributed by atoms with E-state index in [4.69, 9.17) is 9.97 Å². The Morgan fingerprint density at radius 3 is 2.54 bits per heavy atom. The molecular formula is C32H32N2S. The summed E-state index contributed by atoms with van der Waals surface area (Å²) in [6, 6.07) is 18.0. The highest BCUT2D eigenvalue weighted by Gasteiger charge is 2.25. The van der Waals surface area contributed by atoms with Crippen LogP contribution in [0.1, 0.15) is 56.9 Å². The van der Waals surface area contributed by atoms with E-state index in [1.165, 1.54) is 59.2 Å². The van der Waals surface area contributed by atoms with E-state index in [1.807, 2.05) is 17.5 Å². The highest BCUT2D eigenvalue weighted by Crippen LogP contribution is 2.46. The number of benzene rings is 2. The molecule has 3 heteroatoms. The summed E-state index contributed by atoms with van der Waals surface area (Å²) in [6.45, 7) is 11.4. The summed E-state index contributed by atoms with van der Waals surface area (Å²) >= 11 is 1.88. The SMILES string of the molecule is CC(C)Cc1cnc2c(c1)CCc1c-2sc2c(-c3cc(C(C)(C)C)c4ccccc4c3)nccc12. The number of pyridine rings is 2. The Balaban J connectivity index is 1.54. The Morgan fingerprint density at radius 2 is 1.74 bits per heavy atom. The lowest BCUT2D eigenvalue weighted by Gasteiger charge is -2.22. The van der Waals surface area contributed by atoms with Crippen molar-refractivity contribution in [3.8, 4) is 21.8 Å². The first-order valence-corrected chi connectivity index (χ1v) is 13.5. The number of thiophene rings is 1. The normalized spacial score (nSPS) is 13.4. The van der Waals surface area contributed by atoms with E-state index in [0.717, 1.165) is 25.0 Å². The Labute approximate surface area is 212 Å². The van der Waals surface area contributed by atoms with Crippen LogP contribution in [-0.2, 0) is 24.7 Å². The molecule has 5 aromatic rings. The molecule has 0 fully saturated rings. The molecule has 0 unspecified atom stereocenters. The molecule has 2 aromatic carbocycles. The number of aryl methyl sites for hydroxylation is 2. The molecule has 0 spiro atoms. The lowest BCUT2D eigenvalue weighted by Crippen LogP contribution is -2.12. The van der Waals surface area contributed by atoms with Gasteiger partial charge in [-0.1, -0.05) is 65.0 Å². The van der Waals surface area contributed by atoms with Gasteiger partial charge < -0.3 is 0 Å². The van der Waals surface area contributed by atoms with E-state index in [2.05, 4.69) is 89.3 Å². The fourth-order valence-electron chi connectivity index (χ4n) is 5.59.